The van der Waals surface area contributed by atoms with Crippen LogP contribution in [0.2, 0.25) is 0 Å². The van der Waals surface area contributed by atoms with Crippen LogP contribution in [0.4, 0.5) is 11.8 Å². The van der Waals surface area contributed by atoms with Crippen LogP contribution in [0.15, 0.2) is 66.0 Å². The number of sulfone groups is 1. The Hall–Kier alpha value is -4.91. The van der Waals surface area contributed by atoms with Gasteiger partial charge in [-0.05, 0) is 38.7 Å². The summed E-state index contributed by atoms with van der Waals surface area (Å²) in [5.41, 5.74) is 17.4. The number of rotatable bonds is 5. The molecule has 2 aliphatic rings. The first kappa shape index (κ1) is 27.9. The van der Waals surface area contributed by atoms with Gasteiger partial charge in [0.15, 0.2) is 15.5 Å². The molecule has 1 aromatic carbocycles. The average molecular weight is 610 g/mol. The maximum Gasteiger partial charge on any atom is 0.257 e. The summed E-state index contributed by atoms with van der Waals surface area (Å²) in [5, 5.41) is 4.42. The van der Waals surface area contributed by atoms with Crippen molar-refractivity contribution in [3.05, 3.63) is 78.0 Å². The maximum absolute atomic E-state index is 13.6. The first-order chi connectivity index (χ1) is 21.1. The Bertz CT molecular complexity index is 2010. The minimum Gasteiger partial charge on any atom is -0.382 e. The number of aryl methyl sites for hydroxylation is 1. The van der Waals surface area contributed by atoms with Crippen molar-refractivity contribution in [3.8, 4) is 22.4 Å². The molecular weight excluding hydrogens is 578 g/mol. The Kier molecular flexibility index (Phi) is 6.57. The fourth-order valence-electron chi connectivity index (χ4n) is 6.78. The van der Waals surface area contributed by atoms with Crippen molar-refractivity contribution < 1.29 is 13.2 Å². The van der Waals surface area contributed by atoms with Crippen LogP contribution in [-0.4, -0.2) is 67.1 Å². The van der Waals surface area contributed by atoms with E-state index < -0.39 is 9.84 Å². The third-order valence-electron chi connectivity index (χ3n) is 8.76. The van der Waals surface area contributed by atoms with Crippen molar-refractivity contribution in [2.75, 3.05) is 17.7 Å². The van der Waals surface area contributed by atoms with Gasteiger partial charge in [0.1, 0.15) is 10.7 Å². The molecule has 4 aromatic heterocycles. The van der Waals surface area contributed by atoms with Gasteiger partial charge >= 0.3 is 0 Å². The van der Waals surface area contributed by atoms with Crippen molar-refractivity contribution in [1.29, 1.82) is 0 Å². The van der Waals surface area contributed by atoms with Gasteiger partial charge in [-0.3, -0.25) is 9.78 Å². The van der Waals surface area contributed by atoms with Gasteiger partial charge in [0, 0.05) is 53.3 Å². The summed E-state index contributed by atoms with van der Waals surface area (Å²) >= 11 is 0. The van der Waals surface area contributed by atoms with Crippen molar-refractivity contribution in [3.63, 3.8) is 0 Å². The van der Waals surface area contributed by atoms with Gasteiger partial charge in [0.2, 0.25) is 5.95 Å². The van der Waals surface area contributed by atoms with E-state index in [1.54, 1.807) is 19.3 Å². The first-order valence-electron chi connectivity index (χ1n) is 14.4. The van der Waals surface area contributed by atoms with E-state index >= 15 is 0 Å². The van der Waals surface area contributed by atoms with Gasteiger partial charge in [0.05, 0.1) is 28.8 Å². The molecule has 2 bridgehead atoms. The summed E-state index contributed by atoms with van der Waals surface area (Å²) in [6, 6.07) is 13.6. The highest BCUT2D eigenvalue weighted by atomic mass is 32.2. The summed E-state index contributed by atoms with van der Waals surface area (Å²) in [6.07, 6.45) is 8.74. The highest BCUT2D eigenvalue weighted by Crippen LogP contribution is 2.46. The fourth-order valence-corrected chi connectivity index (χ4v) is 7.84. The third kappa shape index (κ3) is 4.64. The Balaban J connectivity index is 1.26. The largest absolute Gasteiger partial charge is 0.382 e. The molecule has 7 rings (SSSR count). The monoisotopic (exact) mass is 609 g/mol. The quantitative estimate of drug-likeness (QED) is 0.299. The number of piperidine rings is 1. The number of pyridine rings is 1. The topological polar surface area (TPSA) is 175 Å². The van der Waals surface area contributed by atoms with Crippen molar-refractivity contribution in [2.24, 2.45) is 0 Å². The molecule has 0 unspecified atom stereocenters. The lowest BCUT2D eigenvalue weighted by molar-refractivity contribution is 0.0566. The molecule has 2 aliphatic heterocycles. The molecule has 13 heteroatoms. The lowest BCUT2D eigenvalue weighted by Gasteiger charge is -2.39. The van der Waals surface area contributed by atoms with Crippen molar-refractivity contribution in [1.82, 2.24) is 34.4 Å². The van der Waals surface area contributed by atoms with Gasteiger partial charge in [-0.25, -0.2) is 23.4 Å². The highest BCUT2D eigenvalue weighted by molar-refractivity contribution is 7.91. The van der Waals surface area contributed by atoms with Crippen LogP contribution in [0.25, 0.3) is 28.0 Å². The van der Waals surface area contributed by atoms with Crippen LogP contribution in [-0.2, 0) is 9.84 Å². The van der Waals surface area contributed by atoms with Crippen LogP contribution in [0, 0.1) is 6.92 Å². The molecule has 12 nitrogen and oxygen atoms in total. The number of aromatic nitrogens is 6. The molecule has 44 heavy (non-hydrogen) atoms. The molecular formula is C31H31N9O3S. The van der Waals surface area contributed by atoms with Crippen LogP contribution in [0.1, 0.15) is 53.3 Å². The number of anilines is 2. The summed E-state index contributed by atoms with van der Waals surface area (Å²) in [5.74, 6) is -0.216. The van der Waals surface area contributed by atoms with Gasteiger partial charge in [-0.2, -0.15) is 9.61 Å². The molecule has 5 aromatic rings. The van der Waals surface area contributed by atoms with Crippen LogP contribution < -0.4 is 11.5 Å². The molecule has 0 spiro atoms. The number of benzene rings is 1. The summed E-state index contributed by atoms with van der Waals surface area (Å²) in [7, 11) is -3.76. The molecule has 3 atom stereocenters. The van der Waals surface area contributed by atoms with Gasteiger partial charge in [-0.1, -0.05) is 36.4 Å². The molecule has 2 fully saturated rings. The summed E-state index contributed by atoms with van der Waals surface area (Å²) < 4.78 is 27.7. The number of hydrogen-bond acceptors (Lipinski definition) is 10. The van der Waals surface area contributed by atoms with Crippen LogP contribution >= 0.6 is 0 Å². The Morgan fingerprint density at radius 1 is 0.909 bits per heavy atom. The molecule has 4 N–H and O–H groups in total. The van der Waals surface area contributed by atoms with Crippen molar-refractivity contribution >= 4 is 33.2 Å². The number of carbonyl (C=O) groups is 1. The van der Waals surface area contributed by atoms with Crippen LogP contribution in [0.5, 0.6) is 0 Å². The zero-order valence-corrected chi connectivity index (χ0v) is 25.1. The number of amides is 1. The minimum absolute atomic E-state index is 0.0100. The van der Waals surface area contributed by atoms with Gasteiger partial charge in [0.25, 0.3) is 5.91 Å². The molecule has 0 radical (unpaired) electrons. The number of nitrogen functional groups attached to an aromatic ring is 2. The second-order valence-corrected chi connectivity index (χ2v) is 13.5. The Morgan fingerprint density at radius 3 is 2.27 bits per heavy atom. The summed E-state index contributed by atoms with van der Waals surface area (Å²) in [4.78, 5) is 33.3. The zero-order chi connectivity index (χ0) is 30.7. The smallest absolute Gasteiger partial charge is 0.257 e. The lowest BCUT2D eigenvalue weighted by Crippen LogP contribution is -2.46. The number of hydrogen-bond donors (Lipinski definition) is 2. The maximum atomic E-state index is 13.6. The Morgan fingerprint density at radius 2 is 1.64 bits per heavy atom. The van der Waals surface area contributed by atoms with Crippen LogP contribution in [0.3, 0.4) is 0 Å². The predicted molar refractivity (Wildman–Crippen MR) is 165 cm³/mol. The van der Waals surface area contributed by atoms with Gasteiger partial charge < -0.3 is 16.4 Å². The zero-order valence-electron chi connectivity index (χ0n) is 24.3. The van der Waals surface area contributed by atoms with E-state index in [4.69, 9.17) is 16.5 Å². The third-order valence-corrected chi connectivity index (χ3v) is 9.92. The molecule has 2 saturated heterocycles. The van der Waals surface area contributed by atoms with E-state index in [2.05, 4.69) is 20.1 Å². The average Bonchev–Trinajstić information content (AvgIpc) is 3.54. The standard InChI is InChI=1S/C31H31N9O3S/c1-17-23(15-35-31(33)37-17)30(41)39-21-9-10-22(39)13-20(12-21)26-27(44(2,42)43)28(32)40-29(38-26)24(16-36-40)19-8-11-25(34-14-19)18-6-4-3-5-7-18/h3-8,11,14-16,20-22H,9-10,12-13,32H2,1-2H3,(H2,33,35,37)/t20-,21-,22+. The molecule has 1 amide bonds. The highest BCUT2D eigenvalue weighted by Gasteiger charge is 2.46. The summed E-state index contributed by atoms with van der Waals surface area (Å²) in [6.45, 7) is 1.74. The van der Waals surface area contributed by atoms with E-state index in [1.807, 2.05) is 47.4 Å². The van der Waals surface area contributed by atoms with E-state index in [0.717, 1.165) is 35.9 Å². The first-order valence-corrected chi connectivity index (χ1v) is 16.3. The second-order valence-electron chi connectivity index (χ2n) is 11.6. The predicted octanol–water partition coefficient (Wildman–Crippen LogP) is 3.68. The minimum atomic E-state index is -3.76. The number of nitrogens with two attached hydrogens (primary N) is 2. The molecule has 0 aliphatic carbocycles. The molecule has 0 saturated carbocycles. The number of carbonyl (C=O) groups excluding carboxylic acids is 1. The van der Waals surface area contributed by atoms with Gasteiger partial charge in [-0.15, -0.1) is 0 Å². The van der Waals surface area contributed by atoms with E-state index in [0.29, 0.717) is 41.0 Å². The van der Waals surface area contributed by atoms with Crippen molar-refractivity contribution in [2.45, 2.75) is 55.5 Å². The van der Waals surface area contributed by atoms with E-state index in [-0.39, 0.29) is 40.6 Å². The van der Waals surface area contributed by atoms with E-state index in [9.17, 15) is 13.2 Å². The Labute approximate surface area is 254 Å². The normalized spacial score (nSPS) is 19.9. The molecule has 6 heterocycles. The van der Waals surface area contributed by atoms with E-state index in [1.165, 1.54) is 10.7 Å². The second kappa shape index (κ2) is 10.4. The number of nitrogens with zero attached hydrogens (tertiary/aromatic N) is 7. The molecule has 224 valence electrons. The fraction of sp³-hybridized carbons (Fsp3) is 0.290. The lowest BCUT2D eigenvalue weighted by atomic mass is 9.87. The number of fused-ring (bicyclic) bond motifs is 3. The SMILES string of the molecule is Cc1nc(N)ncc1C(=O)N1[C@@H]2CC[C@H]1C[C@H](c1nc3c(-c4ccc(-c5ccccc5)nc4)cnn3c(N)c1S(C)(=O)=O)C2.